The summed E-state index contributed by atoms with van der Waals surface area (Å²) in [4.78, 5) is 12.1. The van der Waals surface area contributed by atoms with Gasteiger partial charge in [-0.2, -0.15) is 0 Å². The van der Waals surface area contributed by atoms with Crippen LogP contribution in [0.25, 0.3) is 0 Å². The van der Waals surface area contributed by atoms with Gasteiger partial charge in [-0.3, -0.25) is 9.13 Å². The van der Waals surface area contributed by atoms with Gasteiger partial charge in [0.25, 0.3) is 0 Å². The minimum atomic E-state index is -0.251. The monoisotopic (exact) mass is 276 g/mol. The fourth-order valence-electron chi connectivity index (χ4n) is 2.61. The highest BCUT2D eigenvalue weighted by molar-refractivity contribution is 5.37. The first kappa shape index (κ1) is 13.0. The molecule has 0 saturated heterocycles. The van der Waals surface area contributed by atoms with Crippen LogP contribution >= 0.6 is 0 Å². The van der Waals surface area contributed by atoms with Crippen molar-refractivity contribution in [2.24, 2.45) is 0 Å². The molecule has 2 aromatic rings. The first-order chi connectivity index (χ1) is 9.67. The lowest BCUT2D eigenvalue weighted by atomic mass is 10.1. The average molecular weight is 276 g/mol. The lowest BCUT2D eigenvalue weighted by molar-refractivity contribution is 0.207. The third-order valence-corrected chi connectivity index (χ3v) is 3.55. The molecule has 1 aliphatic rings. The molecule has 0 aliphatic carbocycles. The maximum atomic E-state index is 13.2. The fraction of sp³-hybridized carbons (Fsp3) is 0.400. The van der Waals surface area contributed by atoms with Gasteiger partial charge in [0.15, 0.2) is 0 Å². The van der Waals surface area contributed by atoms with Gasteiger partial charge in [0.1, 0.15) is 17.7 Å². The number of nitrogens with zero attached hydrogens (tertiary/aromatic N) is 2. The molecule has 0 spiro atoms. The van der Waals surface area contributed by atoms with Gasteiger partial charge in [0.05, 0.1) is 6.54 Å². The van der Waals surface area contributed by atoms with Gasteiger partial charge < -0.3 is 4.74 Å². The Labute approximate surface area is 116 Å². The van der Waals surface area contributed by atoms with Crippen molar-refractivity contribution in [3.63, 3.8) is 0 Å². The minimum absolute atomic E-state index is 0.0161. The summed E-state index contributed by atoms with van der Waals surface area (Å²) in [6.45, 7) is 3.25. The van der Waals surface area contributed by atoms with Gasteiger partial charge in [0.2, 0.25) is 0 Å². The first-order valence-electron chi connectivity index (χ1n) is 6.88. The molecule has 1 atom stereocenters. The van der Waals surface area contributed by atoms with Crippen molar-refractivity contribution in [3.8, 4) is 5.75 Å². The molecule has 20 heavy (non-hydrogen) atoms. The molecular formula is C15H17FN2O2. The highest BCUT2D eigenvalue weighted by Gasteiger charge is 2.24. The number of imidazole rings is 1. The molecule has 2 heterocycles. The van der Waals surface area contributed by atoms with Crippen molar-refractivity contribution >= 4 is 0 Å². The van der Waals surface area contributed by atoms with Crippen molar-refractivity contribution < 1.29 is 9.13 Å². The molecule has 0 bridgehead atoms. The number of aromatic nitrogens is 2. The van der Waals surface area contributed by atoms with E-state index >= 15 is 0 Å². The highest BCUT2D eigenvalue weighted by atomic mass is 19.1. The Bertz CT molecular complexity index is 675. The van der Waals surface area contributed by atoms with E-state index in [0.717, 1.165) is 24.3 Å². The first-order valence-corrected chi connectivity index (χ1v) is 6.88. The van der Waals surface area contributed by atoms with Gasteiger partial charge in [-0.15, -0.1) is 0 Å². The summed E-state index contributed by atoms with van der Waals surface area (Å²) in [5.74, 6) is 0.469. The van der Waals surface area contributed by atoms with E-state index in [2.05, 4.69) is 0 Å². The zero-order valence-corrected chi connectivity index (χ0v) is 11.4. The fourth-order valence-corrected chi connectivity index (χ4v) is 2.61. The summed E-state index contributed by atoms with van der Waals surface area (Å²) >= 11 is 0. The Morgan fingerprint density at radius 1 is 1.35 bits per heavy atom. The standard InChI is InChI=1S/C15H17FN2O2/c1-2-5-17-6-7-18(15(17)19)10-13-9-11-8-12(16)3-4-14(11)20-13/h3-4,6-8,13H,2,5,9-10H2,1H3. The van der Waals surface area contributed by atoms with Gasteiger partial charge in [-0.1, -0.05) is 6.92 Å². The third kappa shape index (κ3) is 2.35. The van der Waals surface area contributed by atoms with Crippen LogP contribution in [0, 0.1) is 5.82 Å². The predicted octanol–water partition coefficient (Wildman–Crippen LogP) is 2.20. The summed E-state index contributed by atoms with van der Waals surface area (Å²) in [5.41, 5.74) is 0.855. The van der Waals surface area contributed by atoms with Crippen LogP contribution in [0.2, 0.25) is 0 Å². The van der Waals surface area contributed by atoms with Gasteiger partial charge in [0, 0.05) is 30.9 Å². The number of benzene rings is 1. The topological polar surface area (TPSA) is 36.2 Å². The molecule has 5 heteroatoms. The molecule has 0 saturated carbocycles. The summed E-state index contributed by atoms with van der Waals surface area (Å²) in [6, 6.07) is 4.54. The minimum Gasteiger partial charge on any atom is -0.488 e. The van der Waals surface area contributed by atoms with Crippen molar-refractivity contribution in [2.45, 2.75) is 39.0 Å². The van der Waals surface area contributed by atoms with Gasteiger partial charge in [-0.25, -0.2) is 9.18 Å². The van der Waals surface area contributed by atoms with E-state index in [1.165, 1.54) is 12.1 Å². The molecule has 1 unspecified atom stereocenters. The van der Waals surface area contributed by atoms with Crippen molar-refractivity contribution in [1.29, 1.82) is 0 Å². The zero-order valence-electron chi connectivity index (χ0n) is 11.4. The molecule has 0 radical (unpaired) electrons. The quantitative estimate of drug-likeness (QED) is 0.858. The number of aryl methyl sites for hydroxylation is 1. The van der Waals surface area contributed by atoms with E-state index in [9.17, 15) is 9.18 Å². The van der Waals surface area contributed by atoms with Crippen molar-refractivity contribution in [3.05, 3.63) is 52.5 Å². The number of hydrogen-bond acceptors (Lipinski definition) is 2. The second-order valence-electron chi connectivity index (χ2n) is 5.12. The number of ether oxygens (including phenoxy) is 1. The SMILES string of the molecule is CCCn1ccn(CC2Cc3cc(F)ccc3O2)c1=O. The van der Waals surface area contributed by atoms with Gasteiger partial charge >= 0.3 is 5.69 Å². The second kappa shape index (κ2) is 5.15. The maximum absolute atomic E-state index is 13.2. The molecule has 0 N–H and O–H groups in total. The molecular weight excluding hydrogens is 259 g/mol. The Morgan fingerprint density at radius 3 is 2.95 bits per heavy atom. The molecule has 106 valence electrons. The Hall–Kier alpha value is -2.04. The number of fused-ring (bicyclic) bond motifs is 1. The molecule has 3 rings (SSSR count). The van der Waals surface area contributed by atoms with E-state index in [1.807, 2.05) is 6.92 Å². The number of hydrogen-bond donors (Lipinski definition) is 0. The summed E-state index contributed by atoms with van der Waals surface area (Å²) in [7, 11) is 0. The maximum Gasteiger partial charge on any atom is 0.328 e. The lowest BCUT2D eigenvalue weighted by Gasteiger charge is -2.10. The Morgan fingerprint density at radius 2 is 2.15 bits per heavy atom. The zero-order chi connectivity index (χ0) is 14.1. The Kier molecular flexibility index (Phi) is 3.34. The third-order valence-electron chi connectivity index (χ3n) is 3.55. The van der Waals surface area contributed by atoms with E-state index in [4.69, 9.17) is 4.74 Å². The molecule has 1 aromatic heterocycles. The van der Waals surface area contributed by atoms with E-state index in [-0.39, 0.29) is 17.6 Å². The van der Waals surface area contributed by atoms with Crippen LogP contribution < -0.4 is 10.4 Å². The van der Waals surface area contributed by atoms with Crippen LogP contribution in [-0.2, 0) is 19.5 Å². The summed E-state index contributed by atoms with van der Waals surface area (Å²) in [5, 5.41) is 0. The van der Waals surface area contributed by atoms with Crippen molar-refractivity contribution in [1.82, 2.24) is 9.13 Å². The molecule has 1 aliphatic heterocycles. The highest BCUT2D eigenvalue weighted by Crippen LogP contribution is 2.29. The second-order valence-corrected chi connectivity index (χ2v) is 5.12. The Balaban J connectivity index is 1.73. The van der Waals surface area contributed by atoms with E-state index in [1.54, 1.807) is 27.6 Å². The van der Waals surface area contributed by atoms with Crippen LogP contribution in [0.4, 0.5) is 4.39 Å². The van der Waals surface area contributed by atoms with Crippen LogP contribution in [0.5, 0.6) is 5.75 Å². The number of rotatable bonds is 4. The van der Waals surface area contributed by atoms with E-state index in [0.29, 0.717) is 13.0 Å². The largest absolute Gasteiger partial charge is 0.488 e. The normalized spacial score (nSPS) is 17.0. The smallest absolute Gasteiger partial charge is 0.328 e. The van der Waals surface area contributed by atoms with Crippen molar-refractivity contribution in [2.75, 3.05) is 0 Å². The average Bonchev–Trinajstić information content (AvgIpc) is 2.96. The van der Waals surface area contributed by atoms with E-state index < -0.39 is 0 Å². The molecule has 4 nitrogen and oxygen atoms in total. The summed E-state index contributed by atoms with van der Waals surface area (Å²) < 4.78 is 22.3. The van der Waals surface area contributed by atoms with Crippen LogP contribution in [0.15, 0.2) is 35.4 Å². The molecule has 1 aromatic carbocycles. The summed E-state index contributed by atoms with van der Waals surface area (Å²) in [6.07, 6.45) is 5.04. The molecule has 0 fully saturated rings. The predicted molar refractivity (Wildman–Crippen MR) is 73.5 cm³/mol. The number of halogens is 1. The van der Waals surface area contributed by atoms with Crippen LogP contribution in [0.1, 0.15) is 18.9 Å². The van der Waals surface area contributed by atoms with Gasteiger partial charge in [-0.05, 0) is 24.6 Å². The van der Waals surface area contributed by atoms with Crippen LogP contribution in [-0.4, -0.2) is 15.2 Å². The molecule has 0 amide bonds. The lowest BCUT2D eigenvalue weighted by Crippen LogP contribution is -2.30. The van der Waals surface area contributed by atoms with Crippen LogP contribution in [0.3, 0.4) is 0 Å².